The second-order valence-corrected chi connectivity index (χ2v) is 5.91. The van der Waals surface area contributed by atoms with Crippen molar-refractivity contribution < 1.29 is 8.42 Å². The second-order valence-electron chi connectivity index (χ2n) is 3.55. The molecule has 0 saturated heterocycles. The highest BCUT2D eigenvalue weighted by Gasteiger charge is 2.21. The number of hydrogen-bond donors (Lipinski definition) is 0. The highest BCUT2D eigenvalue weighted by molar-refractivity contribution is 7.87. The Kier molecular flexibility index (Phi) is 3.33. The molecule has 2 aromatic rings. The van der Waals surface area contributed by atoms with E-state index in [9.17, 15) is 8.42 Å². The van der Waals surface area contributed by atoms with Crippen molar-refractivity contribution in [3.63, 3.8) is 0 Å². The Hall–Kier alpha value is -1.51. The zero-order valence-corrected chi connectivity index (χ0v) is 11.2. The number of hydrogen-bond acceptors (Lipinski definition) is 5. The van der Waals surface area contributed by atoms with Crippen molar-refractivity contribution in [2.75, 3.05) is 14.1 Å². The normalized spacial score (nSPS) is 12.0. The molecule has 0 aliphatic carbocycles. The quantitative estimate of drug-likeness (QED) is 0.774. The van der Waals surface area contributed by atoms with E-state index in [1.807, 2.05) is 0 Å². The monoisotopic (exact) mass is 287 g/mol. The molecule has 18 heavy (non-hydrogen) atoms. The third-order valence-electron chi connectivity index (χ3n) is 2.17. The summed E-state index contributed by atoms with van der Waals surface area (Å²) in [5, 5.41) is 0.0318. The van der Waals surface area contributed by atoms with Gasteiger partial charge in [0.05, 0.1) is 0 Å². The molecule has 0 aliphatic rings. The lowest BCUT2D eigenvalue weighted by Crippen LogP contribution is -2.29. The van der Waals surface area contributed by atoms with Crippen molar-refractivity contribution >= 4 is 21.8 Å². The van der Waals surface area contributed by atoms with Gasteiger partial charge in [-0.05, 0) is 17.7 Å². The SMILES string of the molecule is CN(C)S(=O)(=O)n1ccnc1-c1ccnc(Cl)n1. The molecule has 0 radical (unpaired) electrons. The highest BCUT2D eigenvalue weighted by atomic mass is 35.5. The van der Waals surface area contributed by atoms with Gasteiger partial charge in [0, 0.05) is 32.7 Å². The van der Waals surface area contributed by atoms with Gasteiger partial charge < -0.3 is 0 Å². The molecule has 0 unspecified atom stereocenters. The Morgan fingerprint density at radius 1 is 1.28 bits per heavy atom. The van der Waals surface area contributed by atoms with Crippen LogP contribution >= 0.6 is 11.6 Å². The molecular weight excluding hydrogens is 278 g/mol. The van der Waals surface area contributed by atoms with E-state index >= 15 is 0 Å². The van der Waals surface area contributed by atoms with E-state index in [0.29, 0.717) is 5.69 Å². The molecule has 0 amide bonds. The zero-order chi connectivity index (χ0) is 13.3. The van der Waals surface area contributed by atoms with Crippen molar-refractivity contribution in [2.24, 2.45) is 0 Å². The summed E-state index contributed by atoms with van der Waals surface area (Å²) in [7, 11) is -0.768. The van der Waals surface area contributed by atoms with E-state index in [-0.39, 0.29) is 11.1 Å². The molecule has 0 bridgehead atoms. The fourth-order valence-corrected chi connectivity index (χ4v) is 2.36. The number of nitrogens with zero attached hydrogens (tertiary/aromatic N) is 5. The summed E-state index contributed by atoms with van der Waals surface area (Å²) in [6, 6.07) is 1.54. The van der Waals surface area contributed by atoms with Gasteiger partial charge in [-0.2, -0.15) is 12.7 Å². The van der Waals surface area contributed by atoms with Crippen molar-refractivity contribution in [3.05, 3.63) is 29.9 Å². The number of halogens is 1. The Morgan fingerprint density at radius 3 is 2.61 bits per heavy atom. The van der Waals surface area contributed by atoms with Gasteiger partial charge in [-0.3, -0.25) is 0 Å². The predicted octanol–water partition coefficient (Wildman–Crippen LogP) is 0.648. The van der Waals surface area contributed by atoms with Gasteiger partial charge in [0.1, 0.15) is 5.69 Å². The van der Waals surface area contributed by atoms with Crippen LogP contribution in [-0.4, -0.2) is 45.7 Å². The smallest absolute Gasteiger partial charge is 0.234 e. The lowest BCUT2D eigenvalue weighted by Gasteiger charge is -2.13. The molecule has 0 aromatic carbocycles. The van der Waals surface area contributed by atoms with E-state index in [2.05, 4.69) is 15.0 Å². The highest BCUT2D eigenvalue weighted by Crippen LogP contribution is 2.18. The number of aromatic nitrogens is 4. The maximum atomic E-state index is 12.0. The predicted molar refractivity (Wildman–Crippen MR) is 66.3 cm³/mol. The van der Waals surface area contributed by atoms with Crippen molar-refractivity contribution in [1.29, 1.82) is 0 Å². The molecule has 0 spiro atoms. The van der Waals surface area contributed by atoms with E-state index in [1.54, 1.807) is 0 Å². The van der Waals surface area contributed by atoms with Gasteiger partial charge in [-0.15, -0.1) is 0 Å². The van der Waals surface area contributed by atoms with Crippen LogP contribution in [0.3, 0.4) is 0 Å². The van der Waals surface area contributed by atoms with E-state index < -0.39 is 10.2 Å². The van der Waals surface area contributed by atoms with Crippen molar-refractivity contribution in [3.8, 4) is 11.5 Å². The minimum Gasteiger partial charge on any atom is -0.234 e. The molecule has 2 heterocycles. The molecule has 0 saturated carbocycles. The molecule has 0 fully saturated rings. The van der Waals surface area contributed by atoms with Crippen LogP contribution in [0, 0.1) is 0 Å². The number of rotatable bonds is 3. The van der Waals surface area contributed by atoms with Crippen LogP contribution in [0.2, 0.25) is 5.28 Å². The van der Waals surface area contributed by atoms with Gasteiger partial charge in [-0.25, -0.2) is 18.9 Å². The second kappa shape index (κ2) is 4.63. The summed E-state index contributed by atoms with van der Waals surface area (Å²) >= 11 is 5.67. The Balaban J connectivity index is 2.59. The fraction of sp³-hybridized carbons (Fsp3) is 0.222. The Bertz CT molecular complexity index is 667. The minimum atomic E-state index is -3.64. The van der Waals surface area contributed by atoms with Crippen LogP contribution in [0.25, 0.3) is 11.5 Å². The fourth-order valence-electron chi connectivity index (χ4n) is 1.29. The first-order valence-corrected chi connectivity index (χ1v) is 6.65. The average Bonchev–Trinajstić information content (AvgIpc) is 2.78. The topological polar surface area (TPSA) is 81.0 Å². The molecule has 7 nitrogen and oxygen atoms in total. The van der Waals surface area contributed by atoms with Gasteiger partial charge in [0.25, 0.3) is 0 Å². The van der Waals surface area contributed by atoms with Crippen LogP contribution in [0.4, 0.5) is 0 Å². The summed E-state index contributed by atoms with van der Waals surface area (Å²) in [6.07, 6.45) is 4.17. The van der Waals surface area contributed by atoms with Crippen LogP contribution in [0.1, 0.15) is 0 Å². The molecule has 96 valence electrons. The van der Waals surface area contributed by atoms with Crippen LogP contribution in [-0.2, 0) is 10.2 Å². The first kappa shape index (κ1) is 12.9. The first-order valence-electron chi connectivity index (χ1n) is 4.88. The maximum Gasteiger partial charge on any atom is 0.308 e. The maximum absolute atomic E-state index is 12.0. The molecule has 0 atom stereocenters. The molecule has 2 rings (SSSR count). The largest absolute Gasteiger partial charge is 0.308 e. The lowest BCUT2D eigenvalue weighted by molar-refractivity contribution is 0.511. The summed E-state index contributed by atoms with van der Waals surface area (Å²) in [5.41, 5.74) is 0.338. The van der Waals surface area contributed by atoms with Crippen LogP contribution in [0.15, 0.2) is 24.7 Å². The summed E-state index contributed by atoms with van der Waals surface area (Å²) in [6.45, 7) is 0. The zero-order valence-electron chi connectivity index (χ0n) is 9.65. The lowest BCUT2D eigenvalue weighted by atomic mass is 10.4. The number of imidazole rings is 1. The van der Waals surface area contributed by atoms with Gasteiger partial charge in [0.2, 0.25) is 5.28 Å². The third-order valence-corrected chi connectivity index (χ3v) is 4.07. The molecule has 0 aliphatic heterocycles. The van der Waals surface area contributed by atoms with Gasteiger partial charge in [0.15, 0.2) is 5.82 Å². The van der Waals surface area contributed by atoms with Crippen molar-refractivity contribution in [2.45, 2.75) is 0 Å². The average molecular weight is 288 g/mol. The van der Waals surface area contributed by atoms with Crippen LogP contribution in [0.5, 0.6) is 0 Å². The van der Waals surface area contributed by atoms with E-state index in [4.69, 9.17) is 11.6 Å². The van der Waals surface area contributed by atoms with Crippen LogP contribution < -0.4 is 0 Å². The third kappa shape index (κ3) is 2.22. The molecular formula is C9H10ClN5O2S. The molecule has 9 heteroatoms. The Labute approximate surface area is 109 Å². The minimum absolute atomic E-state index is 0.0318. The molecule has 0 N–H and O–H groups in total. The standard InChI is InChI=1S/C9H10ClN5O2S/c1-14(2)18(16,17)15-6-5-11-8(15)7-3-4-12-9(10)13-7/h3-6H,1-2H3. The summed E-state index contributed by atoms with van der Waals surface area (Å²) < 4.78 is 26.2. The van der Waals surface area contributed by atoms with Gasteiger partial charge in [-0.1, -0.05) is 0 Å². The van der Waals surface area contributed by atoms with Gasteiger partial charge >= 0.3 is 10.2 Å². The first-order chi connectivity index (χ1) is 8.43. The van der Waals surface area contributed by atoms with E-state index in [0.717, 1.165) is 8.28 Å². The Morgan fingerprint density at radius 2 is 2.00 bits per heavy atom. The van der Waals surface area contributed by atoms with E-state index in [1.165, 1.54) is 38.8 Å². The summed E-state index contributed by atoms with van der Waals surface area (Å²) in [4.78, 5) is 11.7. The van der Waals surface area contributed by atoms with Crippen molar-refractivity contribution in [1.82, 2.24) is 23.2 Å². The molecule has 2 aromatic heterocycles. The summed E-state index contributed by atoms with van der Waals surface area (Å²) in [5.74, 6) is 0.188.